The van der Waals surface area contributed by atoms with Gasteiger partial charge in [-0.1, -0.05) is 12.8 Å². The third kappa shape index (κ3) is 3.34. The second-order valence-corrected chi connectivity index (χ2v) is 6.30. The van der Waals surface area contributed by atoms with E-state index in [2.05, 4.69) is 4.90 Å². The lowest BCUT2D eigenvalue weighted by Crippen LogP contribution is -2.48. The van der Waals surface area contributed by atoms with Crippen LogP contribution in [0.3, 0.4) is 0 Å². The zero-order valence-corrected chi connectivity index (χ0v) is 13.2. The summed E-state index contributed by atoms with van der Waals surface area (Å²) in [5, 5.41) is 0. The van der Waals surface area contributed by atoms with E-state index >= 15 is 0 Å². The largest absolute Gasteiger partial charge is 0.343 e. The first-order chi connectivity index (χ1) is 9.71. The van der Waals surface area contributed by atoms with Gasteiger partial charge in [0.25, 0.3) is 0 Å². The van der Waals surface area contributed by atoms with Crippen molar-refractivity contribution in [3.05, 3.63) is 0 Å². The summed E-state index contributed by atoms with van der Waals surface area (Å²) in [5.41, 5.74) is 5.99. The van der Waals surface area contributed by atoms with E-state index < -0.39 is 0 Å². The van der Waals surface area contributed by atoms with Gasteiger partial charge in [-0.25, -0.2) is 0 Å². The maximum absolute atomic E-state index is 12.3. The molecule has 4 heteroatoms. The van der Waals surface area contributed by atoms with Crippen LogP contribution in [0.15, 0.2) is 0 Å². The first kappa shape index (κ1) is 15.8. The number of hydrogen-bond acceptors (Lipinski definition) is 3. The second kappa shape index (κ2) is 7.41. The molecule has 4 nitrogen and oxygen atoms in total. The Morgan fingerprint density at radius 3 is 2.60 bits per heavy atom. The van der Waals surface area contributed by atoms with Gasteiger partial charge < -0.3 is 10.6 Å². The van der Waals surface area contributed by atoms with Crippen molar-refractivity contribution in [3.63, 3.8) is 0 Å². The lowest BCUT2D eigenvalue weighted by Gasteiger charge is -2.37. The highest BCUT2D eigenvalue weighted by molar-refractivity contribution is 5.76. The van der Waals surface area contributed by atoms with E-state index in [0.717, 1.165) is 25.6 Å². The molecule has 3 unspecified atom stereocenters. The van der Waals surface area contributed by atoms with Crippen LogP contribution in [0.1, 0.15) is 52.4 Å². The Bertz CT molecular complexity index is 317. The van der Waals surface area contributed by atoms with Gasteiger partial charge >= 0.3 is 0 Å². The Hall–Kier alpha value is -0.610. The van der Waals surface area contributed by atoms with E-state index in [0.29, 0.717) is 19.0 Å². The summed E-state index contributed by atoms with van der Waals surface area (Å²) in [6.07, 6.45) is 7.32. The van der Waals surface area contributed by atoms with Crippen molar-refractivity contribution >= 4 is 5.91 Å². The summed E-state index contributed by atoms with van der Waals surface area (Å²) in [5.74, 6) is 1.13. The molecule has 0 aromatic heterocycles. The third-order valence-corrected chi connectivity index (χ3v) is 5.32. The highest BCUT2D eigenvalue weighted by Gasteiger charge is 2.39. The number of hydrogen-bond donors (Lipinski definition) is 1. The van der Waals surface area contributed by atoms with Crippen LogP contribution >= 0.6 is 0 Å². The molecule has 0 spiro atoms. The van der Waals surface area contributed by atoms with Crippen LogP contribution in [0, 0.1) is 5.92 Å². The van der Waals surface area contributed by atoms with Crippen molar-refractivity contribution in [1.29, 1.82) is 0 Å². The van der Waals surface area contributed by atoms with Gasteiger partial charge in [0.2, 0.25) is 5.91 Å². The summed E-state index contributed by atoms with van der Waals surface area (Å²) in [6.45, 7) is 7.45. The predicted octanol–water partition coefficient (Wildman–Crippen LogP) is 1.84. The SMILES string of the molecule is CCN(CC)C(=O)CC(CN)N1CCC2CCCCC21. The standard InChI is InChI=1S/C16H31N3O/c1-3-18(4-2)16(20)11-14(12-17)19-10-9-13-7-5-6-8-15(13)19/h13-15H,3-12,17H2,1-2H3. The molecule has 0 bridgehead atoms. The van der Waals surface area contributed by atoms with Crippen molar-refractivity contribution in [1.82, 2.24) is 9.80 Å². The highest BCUT2D eigenvalue weighted by atomic mass is 16.2. The molecule has 20 heavy (non-hydrogen) atoms. The number of likely N-dealkylation sites (tertiary alicyclic amines) is 1. The Labute approximate surface area is 123 Å². The first-order valence-corrected chi connectivity index (χ1v) is 8.44. The van der Waals surface area contributed by atoms with Gasteiger partial charge in [-0.3, -0.25) is 9.69 Å². The summed E-state index contributed by atoms with van der Waals surface area (Å²) in [6, 6.07) is 0.943. The lowest BCUT2D eigenvalue weighted by molar-refractivity contribution is -0.132. The first-order valence-electron chi connectivity index (χ1n) is 8.44. The van der Waals surface area contributed by atoms with Crippen LogP contribution < -0.4 is 5.73 Å². The lowest BCUT2D eigenvalue weighted by atomic mass is 9.85. The molecule has 0 aromatic rings. The molecule has 1 saturated heterocycles. The molecule has 1 heterocycles. The zero-order valence-electron chi connectivity index (χ0n) is 13.2. The Morgan fingerprint density at radius 1 is 1.25 bits per heavy atom. The summed E-state index contributed by atoms with van der Waals surface area (Å²) in [4.78, 5) is 16.8. The molecule has 1 amide bonds. The maximum Gasteiger partial charge on any atom is 0.224 e. The fourth-order valence-corrected chi connectivity index (χ4v) is 4.14. The molecule has 2 aliphatic rings. The monoisotopic (exact) mass is 281 g/mol. The number of fused-ring (bicyclic) bond motifs is 1. The van der Waals surface area contributed by atoms with Crippen molar-refractivity contribution in [3.8, 4) is 0 Å². The van der Waals surface area contributed by atoms with Crippen LogP contribution in [0.2, 0.25) is 0 Å². The number of carbonyl (C=O) groups is 1. The van der Waals surface area contributed by atoms with Gasteiger partial charge in [0.05, 0.1) is 0 Å². The fraction of sp³-hybridized carbons (Fsp3) is 0.938. The van der Waals surface area contributed by atoms with Crippen molar-refractivity contribution < 1.29 is 4.79 Å². The average molecular weight is 281 g/mol. The van der Waals surface area contributed by atoms with E-state index in [1.165, 1.54) is 32.1 Å². The van der Waals surface area contributed by atoms with E-state index in [4.69, 9.17) is 5.73 Å². The van der Waals surface area contributed by atoms with Crippen LogP contribution in [0.5, 0.6) is 0 Å². The van der Waals surface area contributed by atoms with Gasteiger partial charge in [-0.15, -0.1) is 0 Å². The van der Waals surface area contributed by atoms with Gasteiger partial charge in [0.1, 0.15) is 0 Å². The molecule has 116 valence electrons. The minimum Gasteiger partial charge on any atom is -0.343 e. The van der Waals surface area contributed by atoms with Gasteiger partial charge in [-0.05, 0) is 45.6 Å². The molecule has 1 saturated carbocycles. The Morgan fingerprint density at radius 2 is 1.95 bits per heavy atom. The fourth-order valence-electron chi connectivity index (χ4n) is 4.14. The topological polar surface area (TPSA) is 49.6 Å². The minimum absolute atomic E-state index is 0.246. The highest BCUT2D eigenvalue weighted by Crippen LogP contribution is 2.37. The number of carbonyl (C=O) groups excluding carboxylic acids is 1. The van der Waals surface area contributed by atoms with Crippen molar-refractivity contribution in [2.24, 2.45) is 11.7 Å². The van der Waals surface area contributed by atoms with Crippen LogP contribution in [-0.2, 0) is 4.79 Å². The Balaban J connectivity index is 1.96. The van der Waals surface area contributed by atoms with Crippen LogP contribution in [-0.4, -0.2) is 54.0 Å². The molecule has 2 rings (SSSR count). The molecule has 1 aliphatic heterocycles. The summed E-state index contributed by atoms with van der Waals surface area (Å²) in [7, 11) is 0. The quantitative estimate of drug-likeness (QED) is 0.808. The normalized spacial score (nSPS) is 28.1. The van der Waals surface area contributed by atoms with E-state index in [1.807, 2.05) is 18.7 Å². The average Bonchev–Trinajstić information content (AvgIpc) is 2.90. The second-order valence-electron chi connectivity index (χ2n) is 6.30. The van der Waals surface area contributed by atoms with E-state index in [1.54, 1.807) is 0 Å². The minimum atomic E-state index is 0.246. The van der Waals surface area contributed by atoms with Gasteiger partial charge in [-0.2, -0.15) is 0 Å². The molecular weight excluding hydrogens is 250 g/mol. The molecule has 2 fully saturated rings. The zero-order chi connectivity index (χ0) is 14.5. The smallest absolute Gasteiger partial charge is 0.224 e. The maximum atomic E-state index is 12.3. The molecule has 1 aliphatic carbocycles. The molecule has 0 aromatic carbocycles. The van der Waals surface area contributed by atoms with Crippen molar-refractivity contribution in [2.75, 3.05) is 26.2 Å². The van der Waals surface area contributed by atoms with Gasteiger partial charge in [0.15, 0.2) is 0 Å². The molecule has 0 radical (unpaired) electrons. The number of amides is 1. The molecule has 2 N–H and O–H groups in total. The van der Waals surface area contributed by atoms with Crippen molar-refractivity contribution in [2.45, 2.75) is 64.5 Å². The third-order valence-electron chi connectivity index (χ3n) is 5.32. The van der Waals surface area contributed by atoms with E-state index in [-0.39, 0.29) is 11.9 Å². The molecular formula is C16H31N3O. The Kier molecular flexibility index (Phi) is 5.85. The summed E-state index contributed by atoms with van der Waals surface area (Å²) >= 11 is 0. The van der Waals surface area contributed by atoms with Gasteiger partial charge in [0, 0.05) is 38.1 Å². The molecule has 3 atom stereocenters. The number of nitrogens with zero attached hydrogens (tertiary/aromatic N) is 2. The number of nitrogens with two attached hydrogens (primary N) is 1. The van der Waals surface area contributed by atoms with E-state index in [9.17, 15) is 4.79 Å². The predicted molar refractivity (Wildman–Crippen MR) is 82.5 cm³/mol. The van der Waals surface area contributed by atoms with Crippen LogP contribution in [0.25, 0.3) is 0 Å². The van der Waals surface area contributed by atoms with Crippen LogP contribution in [0.4, 0.5) is 0 Å². The summed E-state index contributed by atoms with van der Waals surface area (Å²) < 4.78 is 0. The number of rotatable bonds is 6.